The summed E-state index contributed by atoms with van der Waals surface area (Å²) in [6.45, 7) is 6.08. The molecular formula is C14H19N3O3. The van der Waals surface area contributed by atoms with Crippen molar-refractivity contribution in [1.29, 1.82) is 0 Å². The third kappa shape index (κ3) is 3.14. The molecule has 6 heteroatoms. The fourth-order valence-corrected chi connectivity index (χ4v) is 2.19. The molecule has 0 aliphatic carbocycles. The molecule has 0 aliphatic heterocycles. The van der Waals surface area contributed by atoms with Gasteiger partial charge in [-0.1, -0.05) is 5.16 Å². The van der Waals surface area contributed by atoms with E-state index in [2.05, 4.69) is 10.3 Å². The summed E-state index contributed by atoms with van der Waals surface area (Å²) in [6.07, 6.45) is 0.499. The lowest BCUT2D eigenvalue weighted by atomic mass is 10.1. The maximum absolute atomic E-state index is 11.7. The summed E-state index contributed by atoms with van der Waals surface area (Å²) in [5.41, 5.74) is 3.55. The number of aromatic nitrogens is 3. The third-order valence-electron chi connectivity index (χ3n) is 3.28. The fraction of sp³-hybridized carbons (Fsp3) is 0.500. The Morgan fingerprint density at radius 1 is 1.40 bits per heavy atom. The SMILES string of the molecule is Cc1cc(Cn2nc(C)c(CC(=O)CCO)c2C)on1. The van der Waals surface area contributed by atoms with Gasteiger partial charge in [0.15, 0.2) is 5.76 Å². The predicted molar refractivity (Wildman–Crippen MR) is 72.5 cm³/mol. The van der Waals surface area contributed by atoms with Crippen molar-refractivity contribution in [3.8, 4) is 0 Å². The van der Waals surface area contributed by atoms with Crippen LogP contribution in [0.4, 0.5) is 0 Å². The van der Waals surface area contributed by atoms with Gasteiger partial charge >= 0.3 is 0 Å². The van der Waals surface area contributed by atoms with Gasteiger partial charge in [-0.2, -0.15) is 5.10 Å². The molecule has 2 rings (SSSR count). The lowest BCUT2D eigenvalue weighted by Crippen LogP contribution is -2.07. The highest BCUT2D eigenvalue weighted by Crippen LogP contribution is 2.16. The minimum absolute atomic E-state index is 0.0220. The molecule has 108 valence electrons. The number of aryl methyl sites for hydroxylation is 2. The highest BCUT2D eigenvalue weighted by atomic mass is 16.5. The molecule has 2 aromatic heterocycles. The molecule has 0 amide bonds. The Morgan fingerprint density at radius 2 is 2.15 bits per heavy atom. The molecule has 2 aromatic rings. The van der Waals surface area contributed by atoms with E-state index in [1.54, 1.807) is 0 Å². The first-order valence-electron chi connectivity index (χ1n) is 6.59. The second-order valence-corrected chi connectivity index (χ2v) is 4.93. The average molecular weight is 277 g/mol. The largest absolute Gasteiger partial charge is 0.396 e. The molecule has 0 radical (unpaired) electrons. The van der Waals surface area contributed by atoms with E-state index >= 15 is 0 Å². The van der Waals surface area contributed by atoms with Crippen LogP contribution in [0.5, 0.6) is 0 Å². The topological polar surface area (TPSA) is 81.2 Å². The first-order valence-corrected chi connectivity index (χ1v) is 6.59. The number of Topliss-reactive ketones (excluding diaryl/α,β-unsaturated/α-hetero) is 1. The van der Waals surface area contributed by atoms with Crippen LogP contribution in [0.1, 0.15) is 34.8 Å². The molecule has 0 spiro atoms. The van der Waals surface area contributed by atoms with E-state index in [0.717, 1.165) is 28.4 Å². The van der Waals surface area contributed by atoms with E-state index < -0.39 is 0 Å². The summed E-state index contributed by atoms with van der Waals surface area (Å²) in [6, 6.07) is 1.87. The summed E-state index contributed by atoms with van der Waals surface area (Å²) in [7, 11) is 0. The van der Waals surface area contributed by atoms with Crippen LogP contribution in [-0.4, -0.2) is 32.4 Å². The Labute approximate surface area is 117 Å². The summed E-state index contributed by atoms with van der Waals surface area (Å²) >= 11 is 0. The predicted octanol–water partition coefficient (Wildman–Crippen LogP) is 1.34. The molecule has 0 fully saturated rings. The van der Waals surface area contributed by atoms with Gasteiger partial charge in [0, 0.05) is 36.8 Å². The van der Waals surface area contributed by atoms with Gasteiger partial charge in [0.2, 0.25) is 0 Å². The molecule has 0 atom stereocenters. The fourth-order valence-electron chi connectivity index (χ4n) is 2.19. The number of ketones is 1. The van der Waals surface area contributed by atoms with Crippen LogP contribution in [0.3, 0.4) is 0 Å². The molecule has 0 unspecified atom stereocenters. The normalized spacial score (nSPS) is 11.0. The minimum Gasteiger partial charge on any atom is -0.396 e. The Bertz CT molecular complexity index is 613. The Kier molecular flexibility index (Phi) is 4.34. The summed E-state index contributed by atoms with van der Waals surface area (Å²) in [5, 5.41) is 17.1. The number of hydrogen-bond acceptors (Lipinski definition) is 5. The van der Waals surface area contributed by atoms with Crippen molar-refractivity contribution in [1.82, 2.24) is 14.9 Å². The molecule has 2 heterocycles. The van der Waals surface area contributed by atoms with Crippen LogP contribution >= 0.6 is 0 Å². The third-order valence-corrected chi connectivity index (χ3v) is 3.28. The molecule has 0 saturated carbocycles. The van der Waals surface area contributed by atoms with Crippen molar-refractivity contribution < 1.29 is 14.4 Å². The van der Waals surface area contributed by atoms with Gasteiger partial charge in [-0.05, 0) is 20.8 Å². The molecule has 20 heavy (non-hydrogen) atoms. The Hall–Kier alpha value is -1.95. The van der Waals surface area contributed by atoms with Crippen molar-refractivity contribution in [3.63, 3.8) is 0 Å². The van der Waals surface area contributed by atoms with Crippen molar-refractivity contribution in [2.45, 2.75) is 40.2 Å². The molecule has 0 aliphatic rings. The van der Waals surface area contributed by atoms with Crippen LogP contribution in [-0.2, 0) is 17.8 Å². The van der Waals surface area contributed by atoms with Crippen LogP contribution < -0.4 is 0 Å². The first-order chi connectivity index (χ1) is 9.51. The van der Waals surface area contributed by atoms with Gasteiger partial charge in [-0.3, -0.25) is 9.48 Å². The number of aliphatic hydroxyl groups excluding tert-OH is 1. The maximum atomic E-state index is 11.7. The number of aliphatic hydroxyl groups is 1. The zero-order valence-corrected chi connectivity index (χ0v) is 12.0. The summed E-state index contributed by atoms with van der Waals surface area (Å²) < 4.78 is 7.00. The molecule has 1 N–H and O–H groups in total. The van der Waals surface area contributed by atoms with Crippen LogP contribution in [0.25, 0.3) is 0 Å². The highest BCUT2D eigenvalue weighted by molar-refractivity contribution is 5.81. The lowest BCUT2D eigenvalue weighted by molar-refractivity contribution is -0.119. The van der Waals surface area contributed by atoms with Crippen LogP contribution in [0.2, 0.25) is 0 Å². The number of hydrogen-bond donors (Lipinski definition) is 1. The standard InChI is InChI=1S/C14H19N3O3/c1-9-6-13(20-16-9)8-17-11(3)14(10(2)15-17)7-12(19)4-5-18/h6,18H,4-5,7-8H2,1-3H3. The van der Waals surface area contributed by atoms with Gasteiger partial charge in [-0.25, -0.2) is 0 Å². The molecule has 0 bridgehead atoms. The summed E-state index contributed by atoms with van der Waals surface area (Å²) in [4.78, 5) is 11.7. The van der Waals surface area contributed by atoms with Gasteiger partial charge in [0.25, 0.3) is 0 Å². The Balaban J connectivity index is 2.17. The zero-order valence-electron chi connectivity index (χ0n) is 12.0. The number of nitrogens with zero attached hydrogens (tertiary/aromatic N) is 3. The van der Waals surface area contributed by atoms with Gasteiger partial charge in [0.05, 0.1) is 11.4 Å². The smallest absolute Gasteiger partial charge is 0.158 e. The molecule has 0 aromatic carbocycles. The monoisotopic (exact) mass is 277 g/mol. The van der Waals surface area contributed by atoms with E-state index in [9.17, 15) is 4.79 Å². The van der Waals surface area contributed by atoms with Crippen molar-refractivity contribution in [3.05, 3.63) is 34.5 Å². The minimum atomic E-state index is -0.109. The number of carbonyl (C=O) groups is 1. The quantitative estimate of drug-likeness (QED) is 0.861. The van der Waals surface area contributed by atoms with Gasteiger partial charge < -0.3 is 9.63 Å². The zero-order chi connectivity index (χ0) is 14.7. The maximum Gasteiger partial charge on any atom is 0.158 e. The van der Waals surface area contributed by atoms with E-state index in [1.807, 2.05) is 31.5 Å². The van der Waals surface area contributed by atoms with Crippen molar-refractivity contribution in [2.24, 2.45) is 0 Å². The molecular weight excluding hydrogens is 258 g/mol. The summed E-state index contributed by atoms with van der Waals surface area (Å²) in [5.74, 6) is 0.759. The number of carbonyl (C=O) groups excluding carboxylic acids is 1. The van der Waals surface area contributed by atoms with Gasteiger partial charge in [0.1, 0.15) is 12.3 Å². The van der Waals surface area contributed by atoms with E-state index in [4.69, 9.17) is 9.63 Å². The molecule has 6 nitrogen and oxygen atoms in total. The molecule has 0 saturated heterocycles. The van der Waals surface area contributed by atoms with Crippen molar-refractivity contribution in [2.75, 3.05) is 6.61 Å². The average Bonchev–Trinajstić information content (AvgIpc) is 2.89. The van der Waals surface area contributed by atoms with E-state index in [-0.39, 0.29) is 18.8 Å². The van der Waals surface area contributed by atoms with E-state index in [1.165, 1.54) is 0 Å². The number of rotatable bonds is 6. The van der Waals surface area contributed by atoms with E-state index in [0.29, 0.717) is 13.0 Å². The Morgan fingerprint density at radius 3 is 2.75 bits per heavy atom. The second kappa shape index (κ2) is 6.00. The first kappa shape index (κ1) is 14.5. The van der Waals surface area contributed by atoms with Gasteiger partial charge in [-0.15, -0.1) is 0 Å². The van der Waals surface area contributed by atoms with Crippen molar-refractivity contribution >= 4 is 5.78 Å². The second-order valence-electron chi connectivity index (χ2n) is 4.93. The van der Waals surface area contributed by atoms with Crippen LogP contribution in [0, 0.1) is 20.8 Å². The lowest BCUT2D eigenvalue weighted by Gasteiger charge is -2.03. The van der Waals surface area contributed by atoms with Crippen LogP contribution in [0.15, 0.2) is 10.6 Å². The highest BCUT2D eigenvalue weighted by Gasteiger charge is 2.15.